The van der Waals surface area contributed by atoms with Gasteiger partial charge in [-0.2, -0.15) is 0 Å². The minimum absolute atomic E-state index is 0.183. The van der Waals surface area contributed by atoms with E-state index < -0.39 is 18.7 Å². The highest BCUT2D eigenvalue weighted by Crippen LogP contribution is 2.58. The average Bonchev–Trinajstić information content (AvgIpc) is 2.38. The summed E-state index contributed by atoms with van der Waals surface area (Å²) in [7, 11) is -4.35. The van der Waals surface area contributed by atoms with Crippen LogP contribution in [-0.2, 0) is 14.1 Å². The molecule has 0 rings (SSSR count). The Morgan fingerprint density at radius 3 is 1.90 bits per heavy atom. The van der Waals surface area contributed by atoms with Gasteiger partial charge < -0.3 is 14.5 Å². The number of hydrogen-bond donors (Lipinski definition) is 2. The lowest BCUT2D eigenvalue weighted by atomic mass is 9.91. The average molecular weight is 308 g/mol. The van der Waals surface area contributed by atoms with Gasteiger partial charge in [-0.1, -0.05) is 46.5 Å². The summed E-state index contributed by atoms with van der Waals surface area (Å²) in [5, 5.41) is -1.25. The van der Waals surface area contributed by atoms with Crippen LogP contribution >= 0.6 is 7.60 Å². The van der Waals surface area contributed by atoms with Crippen molar-refractivity contribution in [2.45, 2.75) is 77.3 Å². The highest BCUT2D eigenvalue weighted by atomic mass is 31.2. The fourth-order valence-corrected chi connectivity index (χ4v) is 3.48. The van der Waals surface area contributed by atoms with Gasteiger partial charge in [0.15, 0.2) is 0 Å². The van der Waals surface area contributed by atoms with Crippen LogP contribution in [0.15, 0.2) is 0 Å². The van der Waals surface area contributed by atoms with Crippen molar-refractivity contribution in [1.82, 2.24) is 0 Å². The van der Waals surface area contributed by atoms with E-state index in [1.54, 1.807) is 0 Å². The van der Waals surface area contributed by atoms with Crippen LogP contribution in [0.25, 0.3) is 0 Å². The summed E-state index contributed by atoms with van der Waals surface area (Å²) in [6.45, 7) is 6.13. The van der Waals surface area contributed by atoms with Crippen LogP contribution in [-0.4, -0.2) is 27.5 Å². The second kappa shape index (κ2) is 9.54. The van der Waals surface area contributed by atoms with Gasteiger partial charge in [-0.3, -0.25) is 9.36 Å². The van der Waals surface area contributed by atoms with Crippen molar-refractivity contribution >= 4 is 13.6 Å². The van der Waals surface area contributed by atoms with Gasteiger partial charge >= 0.3 is 13.6 Å². The lowest BCUT2D eigenvalue weighted by Gasteiger charge is -2.33. The molecular weight excluding hydrogens is 279 g/mol. The molecule has 0 amide bonds. The normalized spacial score (nSPS) is 12.4. The fourth-order valence-electron chi connectivity index (χ4n) is 2.24. The van der Waals surface area contributed by atoms with Crippen molar-refractivity contribution in [3.8, 4) is 0 Å². The van der Waals surface area contributed by atoms with Gasteiger partial charge in [0.1, 0.15) is 0 Å². The number of esters is 1. The van der Waals surface area contributed by atoms with Crippen LogP contribution in [0.2, 0.25) is 0 Å². The summed E-state index contributed by atoms with van der Waals surface area (Å²) < 4.78 is 17.0. The number of unbranched alkanes of at least 4 members (excludes halogenated alkanes) is 2. The molecule has 6 heteroatoms. The molecule has 0 saturated carbocycles. The second-order valence-electron chi connectivity index (χ2n) is 5.37. The molecule has 0 radical (unpaired) electrons. The number of hydrogen-bond acceptors (Lipinski definition) is 3. The smallest absolute Gasteiger partial charge is 0.332 e. The van der Waals surface area contributed by atoms with E-state index in [2.05, 4.69) is 0 Å². The molecule has 0 heterocycles. The van der Waals surface area contributed by atoms with E-state index >= 15 is 0 Å². The Kier molecular flexibility index (Phi) is 9.36. The summed E-state index contributed by atoms with van der Waals surface area (Å²) in [4.78, 5) is 31.3. The number of carbonyl (C=O) groups is 1. The number of carbonyl (C=O) groups excluding carboxylic acids is 1. The Bertz CT molecular complexity index is 316. The Labute approximate surface area is 122 Å². The van der Waals surface area contributed by atoms with E-state index in [9.17, 15) is 19.1 Å². The molecule has 120 valence electrons. The summed E-state index contributed by atoms with van der Waals surface area (Å²) in [6, 6.07) is 0. The zero-order valence-corrected chi connectivity index (χ0v) is 13.8. The van der Waals surface area contributed by atoms with E-state index in [4.69, 9.17) is 4.74 Å². The molecule has 0 aliphatic heterocycles. The summed E-state index contributed by atoms with van der Waals surface area (Å²) >= 11 is 0. The molecule has 0 aromatic heterocycles. The molecular formula is C14H29O5P. The minimum atomic E-state index is -4.35. The SMILES string of the molecule is CCCCC(CCCC)(CC(=O)OCCC)P(=O)(O)O. The number of ether oxygens (including phenoxy) is 1. The minimum Gasteiger partial charge on any atom is -0.466 e. The first kappa shape index (κ1) is 19.6. The molecule has 20 heavy (non-hydrogen) atoms. The van der Waals surface area contributed by atoms with E-state index in [-0.39, 0.29) is 6.42 Å². The molecule has 0 spiro atoms. The first-order valence-corrected chi connectivity index (χ1v) is 9.15. The topological polar surface area (TPSA) is 83.8 Å². The Morgan fingerprint density at radius 2 is 1.55 bits per heavy atom. The van der Waals surface area contributed by atoms with Crippen molar-refractivity contribution in [3.63, 3.8) is 0 Å². The van der Waals surface area contributed by atoms with Crippen molar-refractivity contribution < 1.29 is 23.9 Å². The van der Waals surface area contributed by atoms with Gasteiger partial charge in [-0.25, -0.2) is 0 Å². The maximum Gasteiger partial charge on any atom is 0.332 e. The Morgan fingerprint density at radius 1 is 1.05 bits per heavy atom. The van der Waals surface area contributed by atoms with Crippen molar-refractivity contribution in [2.24, 2.45) is 0 Å². The molecule has 0 aliphatic carbocycles. The molecule has 0 aromatic carbocycles. The molecule has 0 aliphatic rings. The van der Waals surface area contributed by atoms with Crippen LogP contribution in [0.5, 0.6) is 0 Å². The van der Waals surface area contributed by atoms with Crippen LogP contribution in [0, 0.1) is 0 Å². The monoisotopic (exact) mass is 308 g/mol. The van der Waals surface area contributed by atoms with Gasteiger partial charge in [0.25, 0.3) is 0 Å². The Hall–Kier alpha value is -0.380. The molecule has 0 saturated heterocycles. The quantitative estimate of drug-likeness (QED) is 0.450. The van der Waals surface area contributed by atoms with Crippen molar-refractivity contribution in [1.29, 1.82) is 0 Å². The predicted molar refractivity (Wildman–Crippen MR) is 79.7 cm³/mol. The van der Waals surface area contributed by atoms with Crippen LogP contribution < -0.4 is 0 Å². The van der Waals surface area contributed by atoms with Gasteiger partial charge in [0.2, 0.25) is 0 Å². The molecule has 5 nitrogen and oxygen atoms in total. The van der Waals surface area contributed by atoms with Gasteiger partial charge in [-0.15, -0.1) is 0 Å². The molecule has 0 fully saturated rings. The third kappa shape index (κ3) is 6.38. The molecule has 2 N–H and O–H groups in total. The third-order valence-corrected chi connectivity index (χ3v) is 5.39. The lowest BCUT2D eigenvalue weighted by molar-refractivity contribution is -0.144. The highest BCUT2D eigenvalue weighted by molar-refractivity contribution is 7.53. The summed E-state index contributed by atoms with van der Waals surface area (Å²) in [6.07, 6.45) is 4.36. The van der Waals surface area contributed by atoms with Crippen LogP contribution in [0.3, 0.4) is 0 Å². The number of rotatable bonds is 11. The standard InChI is InChI=1S/C14H29O5P/c1-4-7-9-14(10-8-5-2,20(16,17)18)12-13(15)19-11-6-3/h4-12H2,1-3H3,(H2,16,17,18). The zero-order valence-electron chi connectivity index (χ0n) is 12.9. The van der Waals surface area contributed by atoms with E-state index in [1.807, 2.05) is 20.8 Å². The van der Waals surface area contributed by atoms with Crippen molar-refractivity contribution in [2.75, 3.05) is 6.61 Å². The van der Waals surface area contributed by atoms with Gasteiger partial charge in [0, 0.05) is 0 Å². The van der Waals surface area contributed by atoms with Gasteiger partial charge in [0.05, 0.1) is 18.2 Å². The second-order valence-corrected chi connectivity index (χ2v) is 7.41. The van der Waals surface area contributed by atoms with Crippen LogP contribution in [0.4, 0.5) is 0 Å². The first-order valence-electron chi connectivity index (χ1n) is 7.54. The molecule has 0 atom stereocenters. The molecule has 0 bridgehead atoms. The maximum atomic E-state index is 12.0. The highest BCUT2D eigenvalue weighted by Gasteiger charge is 2.47. The Balaban J connectivity index is 5.05. The van der Waals surface area contributed by atoms with E-state index in [0.29, 0.717) is 38.7 Å². The summed E-state index contributed by atoms with van der Waals surface area (Å²) in [5.41, 5.74) is 0. The maximum absolute atomic E-state index is 12.0. The van der Waals surface area contributed by atoms with E-state index in [0.717, 1.165) is 12.8 Å². The van der Waals surface area contributed by atoms with Crippen LogP contribution in [0.1, 0.15) is 72.1 Å². The van der Waals surface area contributed by atoms with Crippen molar-refractivity contribution in [3.05, 3.63) is 0 Å². The molecule has 0 unspecified atom stereocenters. The third-order valence-electron chi connectivity index (χ3n) is 3.55. The molecule has 0 aromatic rings. The van der Waals surface area contributed by atoms with E-state index in [1.165, 1.54) is 0 Å². The zero-order chi connectivity index (χ0) is 15.6. The largest absolute Gasteiger partial charge is 0.466 e. The fraction of sp³-hybridized carbons (Fsp3) is 0.929. The predicted octanol–water partition coefficient (Wildman–Crippen LogP) is 3.63. The summed E-state index contributed by atoms with van der Waals surface area (Å²) in [5.74, 6) is -0.498. The van der Waals surface area contributed by atoms with Gasteiger partial charge in [-0.05, 0) is 19.3 Å². The first-order chi connectivity index (χ1) is 9.33. The lowest BCUT2D eigenvalue weighted by Crippen LogP contribution is -2.33.